The number of carboxylic acid groups (broad SMARTS) is 1. The summed E-state index contributed by atoms with van der Waals surface area (Å²) >= 11 is 0. The highest BCUT2D eigenvalue weighted by atomic mass is 16.4. The molecule has 2 aliphatic rings. The van der Waals surface area contributed by atoms with Crippen LogP contribution in [0.5, 0.6) is 0 Å². The highest BCUT2D eigenvalue weighted by Gasteiger charge is 2.41. The molecule has 0 amide bonds. The third-order valence-electron chi connectivity index (χ3n) is 6.51. The summed E-state index contributed by atoms with van der Waals surface area (Å²) in [5.41, 5.74) is 2.09. The number of hydrogen-bond donors (Lipinski definition) is 2. The van der Waals surface area contributed by atoms with Crippen molar-refractivity contribution in [3.05, 3.63) is 75.7 Å². The van der Waals surface area contributed by atoms with Crippen LogP contribution in [0.2, 0.25) is 0 Å². The first-order valence-corrected chi connectivity index (χ1v) is 10.4. The number of aliphatic hydroxyl groups is 1. The predicted molar refractivity (Wildman–Crippen MR) is 118 cm³/mol. The second-order valence-electron chi connectivity index (χ2n) is 9.62. The largest absolute Gasteiger partial charge is 0.502 e. The van der Waals surface area contributed by atoms with Gasteiger partial charge in [0.15, 0.2) is 11.5 Å². The summed E-state index contributed by atoms with van der Waals surface area (Å²) in [4.78, 5) is 37.1. The molecule has 0 aromatic heterocycles. The van der Waals surface area contributed by atoms with E-state index >= 15 is 0 Å². The zero-order valence-corrected chi connectivity index (χ0v) is 18.4. The Morgan fingerprint density at radius 3 is 1.84 bits per heavy atom. The van der Waals surface area contributed by atoms with Crippen molar-refractivity contribution in [3.63, 3.8) is 0 Å². The summed E-state index contributed by atoms with van der Waals surface area (Å²) in [6, 6.07) is 9.08. The van der Waals surface area contributed by atoms with E-state index in [1.807, 2.05) is 0 Å². The lowest BCUT2D eigenvalue weighted by Gasteiger charge is -2.42. The molecule has 7 nitrogen and oxygen atoms in total. The van der Waals surface area contributed by atoms with Crippen molar-refractivity contribution in [2.24, 2.45) is 10.2 Å². The lowest BCUT2D eigenvalue weighted by Crippen LogP contribution is -2.35. The number of ketones is 2. The molecule has 0 saturated carbocycles. The first-order valence-electron chi connectivity index (χ1n) is 10.4. The van der Waals surface area contributed by atoms with Gasteiger partial charge in [0.1, 0.15) is 0 Å². The van der Waals surface area contributed by atoms with Crippen LogP contribution in [0.15, 0.2) is 58.1 Å². The van der Waals surface area contributed by atoms with Crippen LogP contribution in [0.3, 0.4) is 0 Å². The van der Waals surface area contributed by atoms with Crippen LogP contribution >= 0.6 is 0 Å². The molecule has 0 fully saturated rings. The van der Waals surface area contributed by atoms with E-state index in [2.05, 4.69) is 37.9 Å². The van der Waals surface area contributed by atoms with Gasteiger partial charge in [-0.05, 0) is 71.2 Å². The van der Waals surface area contributed by atoms with Crippen LogP contribution < -0.4 is 0 Å². The molecule has 0 atom stereocenters. The van der Waals surface area contributed by atoms with E-state index in [-0.39, 0.29) is 33.2 Å². The van der Waals surface area contributed by atoms with Crippen LogP contribution in [0.1, 0.15) is 82.7 Å². The van der Waals surface area contributed by atoms with Crippen molar-refractivity contribution in [3.8, 4) is 0 Å². The van der Waals surface area contributed by atoms with Gasteiger partial charge in [-0.15, -0.1) is 5.11 Å². The molecule has 0 bridgehead atoms. The van der Waals surface area contributed by atoms with Gasteiger partial charge in [-0.2, -0.15) is 5.11 Å². The van der Waals surface area contributed by atoms with Gasteiger partial charge < -0.3 is 10.2 Å². The van der Waals surface area contributed by atoms with Gasteiger partial charge in [0.05, 0.1) is 11.3 Å². The van der Waals surface area contributed by atoms with Crippen LogP contribution in [-0.2, 0) is 10.8 Å². The van der Waals surface area contributed by atoms with Crippen LogP contribution in [0, 0.1) is 0 Å². The molecule has 0 unspecified atom stereocenters. The average Bonchev–Trinajstić information content (AvgIpc) is 2.75. The predicted octanol–water partition coefficient (Wildman–Crippen LogP) is 5.67. The number of benzene rings is 2. The molecule has 2 aliphatic carbocycles. The third kappa shape index (κ3) is 3.43. The fourth-order valence-corrected chi connectivity index (χ4v) is 4.33. The Kier molecular flexibility index (Phi) is 4.88. The third-order valence-corrected chi connectivity index (χ3v) is 6.51. The Bertz CT molecular complexity index is 1230. The normalized spacial score (nSPS) is 19.1. The van der Waals surface area contributed by atoms with Gasteiger partial charge >= 0.3 is 5.97 Å². The quantitative estimate of drug-likeness (QED) is 0.607. The molecule has 2 aromatic rings. The number of carboxylic acids is 1. The molecule has 2 N–H and O–H groups in total. The Morgan fingerprint density at radius 1 is 0.844 bits per heavy atom. The van der Waals surface area contributed by atoms with Gasteiger partial charge in [-0.25, -0.2) is 4.79 Å². The van der Waals surface area contributed by atoms with Crippen LogP contribution in [-0.4, -0.2) is 27.7 Å². The molecular weight excluding hydrogens is 408 g/mol. The number of nitrogens with zero attached hydrogens (tertiary/aromatic N) is 2. The second-order valence-corrected chi connectivity index (χ2v) is 9.62. The van der Waals surface area contributed by atoms with Crippen LogP contribution in [0.4, 0.5) is 5.69 Å². The molecule has 164 valence electrons. The fourth-order valence-electron chi connectivity index (χ4n) is 4.33. The van der Waals surface area contributed by atoms with E-state index in [1.54, 1.807) is 12.1 Å². The first kappa shape index (κ1) is 21.6. The number of azo groups is 1. The minimum absolute atomic E-state index is 0.0826. The number of carbonyl (C=O) groups excluding carboxylic acids is 2. The zero-order chi connectivity index (χ0) is 23.4. The number of carbonyl (C=O) groups is 3. The number of Topliss-reactive ketones (excluding diaryl/α,β-unsaturated/α-hetero) is 2. The smallest absolute Gasteiger partial charge is 0.335 e. The number of allylic oxidation sites excluding steroid dienone is 2. The molecule has 0 heterocycles. The second kappa shape index (κ2) is 7.22. The van der Waals surface area contributed by atoms with E-state index in [0.717, 1.165) is 24.0 Å². The Balaban J connectivity index is 1.77. The maximum absolute atomic E-state index is 13.2. The summed E-state index contributed by atoms with van der Waals surface area (Å²) in [5.74, 6) is -3.03. The molecule has 2 aromatic carbocycles. The lowest BCUT2D eigenvalue weighted by molar-refractivity contribution is 0.0696. The standard InChI is InChI=1S/C25H24N2O5/c1-24(2)9-10-25(3,4)18-12-16-15(11-17(18)24)20(28)19(22(30)21(16)29)27-26-14-7-5-13(6-8-14)23(31)32/h5-8,11-12,30H,9-10H2,1-4H3,(H,31,32)/b27-26+. The van der Waals surface area contributed by atoms with Crippen molar-refractivity contribution < 1.29 is 24.6 Å². The summed E-state index contributed by atoms with van der Waals surface area (Å²) in [7, 11) is 0. The molecular formula is C25H24N2O5. The van der Waals surface area contributed by atoms with Crippen LogP contribution in [0.25, 0.3) is 0 Å². The van der Waals surface area contributed by atoms with Gasteiger partial charge in [0.2, 0.25) is 11.6 Å². The monoisotopic (exact) mass is 432 g/mol. The van der Waals surface area contributed by atoms with E-state index < -0.39 is 29.0 Å². The Morgan fingerprint density at radius 2 is 1.34 bits per heavy atom. The molecule has 32 heavy (non-hydrogen) atoms. The number of aliphatic hydroxyl groups excluding tert-OH is 1. The summed E-state index contributed by atoms with van der Waals surface area (Å²) < 4.78 is 0. The summed E-state index contributed by atoms with van der Waals surface area (Å²) in [5, 5.41) is 27.2. The minimum Gasteiger partial charge on any atom is -0.502 e. The van der Waals surface area contributed by atoms with Gasteiger partial charge in [0.25, 0.3) is 0 Å². The van der Waals surface area contributed by atoms with Crippen molar-refractivity contribution >= 4 is 23.2 Å². The maximum Gasteiger partial charge on any atom is 0.335 e. The Hall–Kier alpha value is -3.61. The zero-order valence-electron chi connectivity index (χ0n) is 18.4. The molecule has 0 spiro atoms. The Labute approximate surface area is 185 Å². The van der Waals surface area contributed by atoms with E-state index in [1.165, 1.54) is 24.3 Å². The molecule has 4 rings (SSSR count). The topological polar surface area (TPSA) is 116 Å². The van der Waals surface area contributed by atoms with Crippen molar-refractivity contribution in [1.29, 1.82) is 0 Å². The maximum atomic E-state index is 13.2. The van der Waals surface area contributed by atoms with Crippen molar-refractivity contribution in [2.45, 2.75) is 51.4 Å². The number of fused-ring (bicyclic) bond motifs is 2. The SMILES string of the molecule is CC1(C)CCC(C)(C)c2cc3c(cc21)C(=O)C(O)=C(/N=N/c1ccc(C(=O)O)cc1)C3=O. The molecule has 0 saturated heterocycles. The highest BCUT2D eigenvalue weighted by molar-refractivity contribution is 6.26. The van der Waals surface area contributed by atoms with E-state index in [0.29, 0.717) is 0 Å². The van der Waals surface area contributed by atoms with Crippen molar-refractivity contribution in [1.82, 2.24) is 0 Å². The van der Waals surface area contributed by atoms with E-state index in [9.17, 15) is 19.5 Å². The van der Waals surface area contributed by atoms with E-state index in [4.69, 9.17) is 5.11 Å². The first-order chi connectivity index (χ1) is 14.9. The minimum atomic E-state index is -1.08. The highest BCUT2D eigenvalue weighted by Crippen LogP contribution is 2.47. The number of hydrogen-bond acceptors (Lipinski definition) is 6. The summed E-state index contributed by atoms with van der Waals surface area (Å²) in [6.07, 6.45) is 1.91. The van der Waals surface area contributed by atoms with Crippen molar-refractivity contribution in [2.75, 3.05) is 0 Å². The molecule has 7 heteroatoms. The average molecular weight is 432 g/mol. The lowest BCUT2D eigenvalue weighted by atomic mass is 9.62. The number of aromatic carboxylic acids is 1. The molecule has 0 aliphatic heterocycles. The molecule has 0 radical (unpaired) electrons. The van der Waals surface area contributed by atoms with Gasteiger partial charge in [-0.1, -0.05) is 27.7 Å². The van der Waals surface area contributed by atoms with Gasteiger partial charge in [-0.3, -0.25) is 9.59 Å². The number of rotatable bonds is 3. The summed E-state index contributed by atoms with van der Waals surface area (Å²) in [6.45, 7) is 8.48. The fraction of sp³-hybridized carbons (Fsp3) is 0.320. The van der Waals surface area contributed by atoms with Gasteiger partial charge in [0, 0.05) is 11.1 Å².